The van der Waals surface area contributed by atoms with Gasteiger partial charge in [0, 0.05) is 26.2 Å². The number of aromatic nitrogens is 2. The van der Waals surface area contributed by atoms with Gasteiger partial charge in [-0.1, -0.05) is 17.7 Å². The van der Waals surface area contributed by atoms with Crippen LogP contribution < -0.4 is 4.74 Å². The van der Waals surface area contributed by atoms with Gasteiger partial charge >= 0.3 is 0 Å². The summed E-state index contributed by atoms with van der Waals surface area (Å²) in [5.41, 5.74) is 1.24. The molecule has 0 unspecified atom stereocenters. The predicted molar refractivity (Wildman–Crippen MR) is 94.3 cm³/mol. The molecule has 1 atom stereocenters. The Kier molecular flexibility index (Phi) is 5.08. The molecule has 1 aromatic carbocycles. The molecule has 1 aliphatic rings. The van der Waals surface area contributed by atoms with Gasteiger partial charge in [0.2, 0.25) is 5.91 Å². The quantitative estimate of drug-likeness (QED) is 0.867. The zero-order valence-corrected chi connectivity index (χ0v) is 14.8. The molecule has 0 spiro atoms. The minimum absolute atomic E-state index is 0.0649. The lowest BCUT2D eigenvalue weighted by Crippen LogP contribution is -2.40. The molecule has 0 bridgehead atoms. The summed E-state index contributed by atoms with van der Waals surface area (Å²) in [5.74, 6) is 0.801. The summed E-state index contributed by atoms with van der Waals surface area (Å²) in [4.78, 5) is 14.1. The second-order valence-electron chi connectivity index (χ2n) is 6.91. The highest BCUT2D eigenvalue weighted by Crippen LogP contribution is 2.24. The fraction of sp³-hybridized carbons (Fsp3) is 0.474. The summed E-state index contributed by atoms with van der Waals surface area (Å²) in [6.45, 7) is 3.11. The molecule has 3 rings (SSSR count). The first kappa shape index (κ1) is 17.5. The molecule has 1 saturated heterocycles. The Hall–Kier alpha value is -2.34. The number of ether oxygens (including phenoxy) is 1. The van der Waals surface area contributed by atoms with E-state index < -0.39 is 5.60 Å². The molecule has 0 saturated carbocycles. The Labute approximate surface area is 148 Å². The molecule has 2 heterocycles. The van der Waals surface area contributed by atoms with E-state index in [0.717, 1.165) is 16.9 Å². The van der Waals surface area contributed by atoms with E-state index in [-0.39, 0.29) is 12.5 Å². The molecule has 2 aromatic rings. The highest BCUT2D eigenvalue weighted by Gasteiger charge is 2.38. The maximum absolute atomic E-state index is 12.4. The number of rotatable bonds is 6. The number of aliphatic hydroxyl groups is 1. The van der Waals surface area contributed by atoms with Crippen LogP contribution in [0.4, 0.5) is 0 Å². The second kappa shape index (κ2) is 7.27. The van der Waals surface area contributed by atoms with Crippen molar-refractivity contribution in [1.82, 2.24) is 14.7 Å². The Bertz CT molecular complexity index is 726. The molecule has 0 radical (unpaired) electrons. The fourth-order valence-corrected chi connectivity index (χ4v) is 3.05. The van der Waals surface area contributed by atoms with Crippen molar-refractivity contribution >= 4 is 5.91 Å². The van der Waals surface area contributed by atoms with Gasteiger partial charge in [0.1, 0.15) is 18.0 Å². The van der Waals surface area contributed by atoms with Crippen LogP contribution in [0.15, 0.2) is 36.7 Å². The van der Waals surface area contributed by atoms with E-state index in [1.165, 1.54) is 0 Å². The van der Waals surface area contributed by atoms with Crippen molar-refractivity contribution in [3.63, 3.8) is 0 Å². The normalized spacial score (nSPS) is 20.0. The van der Waals surface area contributed by atoms with Gasteiger partial charge in [0.05, 0.1) is 12.7 Å². The first-order chi connectivity index (χ1) is 11.9. The van der Waals surface area contributed by atoms with Gasteiger partial charge in [-0.15, -0.1) is 0 Å². The van der Waals surface area contributed by atoms with Crippen molar-refractivity contribution in [2.75, 3.05) is 19.7 Å². The van der Waals surface area contributed by atoms with Gasteiger partial charge in [0.25, 0.3) is 0 Å². The minimum Gasteiger partial charge on any atom is -0.491 e. The average Bonchev–Trinajstić information content (AvgIpc) is 3.19. The third-order valence-electron chi connectivity index (χ3n) is 4.60. The first-order valence-corrected chi connectivity index (χ1v) is 8.61. The molecule has 134 valence electrons. The maximum atomic E-state index is 12.4. The molecular weight excluding hydrogens is 318 g/mol. The van der Waals surface area contributed by atoms with Gasteiger partial charge in [-0.2, -0.15) is 5.10 Å². The van der Waals surface area contributed by atoms with Crippen LogP contribution in [0.3, 0.4) is 0 Å². The second-order valence-corrected chi connectivity index (χ2v) is 6.91. The van der Waals surface area contributed by atoms with Crippen LogP contribution in [-0.4, -0.2) is 51.0 Å². The zero-order chi connectivity index (χ0) is 17.9. The Balaban J connectivity index is 1.47. The van der Waals surface area contributed by atoms with E-state index in [9.17, 15) is 9.90 Å². The lowest BCUT2D eigenvalue weighted by atomic mass is 10.1. The van der Waals surface area contributed by atoms with Crippen molar-refractivity contribution in [3.05, 3.63) is 47.8 Å². The van der Waals surface area contributed by atoms with Crippen LogP contribution in [0.2, 0.25) is 0 Å². The van der Waals surface area contributed by atoms with Gasteiger partial charge in [-0.05, 0) is 37.5 Å². The summed E-state index contributed by atoms with van der Waals surface area (Å²) >= 11 is 0. The number of likely N-dealkylation sites (tertiary alicyclic amines) is 1. The number of amides is 1. The molecule has 1 amide bonds. The highest BCUT2D eigenvalue weighted by molar-refractivity contribution is 5.76. The van der Waals surface area contributed by atoms with Gasteiger partial charge in [-0.3, -0.25) is 9.48 Å². The van der Waals surface area contributed by atoms with E-state index in [1.54, 1.807) is 15.8 Å². The van der Waals surface area contributed by atoms with Crippen molar-refractivity contribution in [2.24, 2.45) is 7.05 Å². The Morgan fingerprint density at radius 1 is 1.36 bits per heavy atom. The molecule has 1 aromatic heterocycles. The molecule has 25 heavy (non-hydrogen) atoms. The zero-order valence-electron chi connectivity index (χ0n) is 14.8. The van der Waals surface area contributed by atoms with Gasteiger partial charge < -0.3 is 14.7 Å². The summed E-state index contributed by atoms with van der Waals surface area (Å²) in [7, 11) is 1.86. The number of carbonyl (C=O) groups excluding carboxylic acids is 1. The van der Waals surface area contributed by atoms with Crippen molar-refractivity contribution in [1.29, 1.82) is 0 Å². The molecule has 6 heteroatoms. The number of benzene rings is 1. The van der Waals surface area contributed by atoms with E-state index >= 15 is 0 Å². The standard InChI is InChI=1S/C19H25N3O3/c1-15-3-6-17(7-4-15)25-14-19(24)9-10-22(13-19)18(23)8-5-16-11-20-21(2)12-16/h3-4,6-7,11-12,24H,5,8-10,13-14H2,1-2H3/t19-/m1/s1. The minimum atomic E-state index is -0.977. The van der Waals surface area contributed by atoms with Crippen LogP contribution in [0.5, 0.6) is 5.75 Å². The molecular formula is C19H25N3O3. The van der Waals surface area contributed by atoms with E-state index in [2.05, 4.69) is 5.10 Å². The van der Waals surface area contributed by atoms with Gasteiger partial charge in [0.15, 0.2) is 0 Å². The number of carbonyl (C=O) groups is 1. The monoisotopic (exact) mass is 343 g/mol. The lowest BCUT2D eigenvalue weighted by molar-refractivity contribution is -0.131. The number of β-amino-alcohol motifs (C(OH)–C–C–N with tert-alkyl or cyclic N) is 1. The number of hydrogen-bond acceptors (Lipinski definition) is 4. The fourth-order valence-electron chi connectivity index (χ4n) is 3.05. The smallest absolute Gasteiger partial charge is 0.223 e. The van der Waals surface area contributed by atoms with Crippen LogP contribution in [0.25, 0.3) is 0 Å². The van der Waals surface area contributed by atoms with E-state index in [4.69, 9.17) is 4.74 Å². The van der Waals surface area contributed by atoms with E-state index in [1.807, 2.05) is 44.4 Å². The lowest BCUT2D eigenvalue weighted by Gasteiger charge is -2.23. The van der Waals surface area contributed by atoms with Crippen LogP contribution >= 0.6 is 0 Å². The summed E-state index contributed by atoms with van der Waals surface area (Å²) in [6, 6.07) is 7.74. The largest absolute Gasteiger partial charge is 0.491 e. The van der Waals surface area contributed by atoms with E-state index in [0.29, 0.717) is 32.4 Å². The van der Waals surface area contributed by atoms with Crippen LogP contribution in [0.1, 0.15) is 24.0 Å². The molecule has 1 aliphatic heterocycles. The number of aryl methyl sites for hydroxylation is 3. The van der Waals surface area contributed by atoms with Crippen LogP contribution in [-0.2, 0) is 18.3 Å². The number of hydrogen-bond donors (Lipinski definition) is 1. The molecule has 1 N–H and O–H groups in total. The van der Waals surface area contributed by atoms with Crippen molar-refractivity contribution < 1.29 is 14.6 Å². The van der Waals surface area contributed by atoms with Crippen molar-refractivity contribution in [3.8, 4) is 5.75 Å². The highest BCUT2D eigenvalue weighted by atomic mass is 16.5. The Morgan fingerprint density at radius 2 is 2.12 bits per heavy atom. The van der Waals surface area contributed by atoms with Crippen LogP contribution in [0, 0.1) is 6.92 Å². The third-order valence-corrected chi connectivity index (χ3v) is 4.60. The topological polar surface area (TPSA) is 67.6 Å². The van der Waals surface area contributed by atoms with Gasteiger partial charge in [-0.25, -0.2) is 0 Å². The summed E-state index contributed by atoms with van der Waals surface area (Å²) in [6.07, 6.45) is 5.34. The summed E-state index contributed by atoms with van der Waals surface area (Å²) < 4.78 is 7.44. The molecule has 1 fully saturated rings. The van der Waals surface area contributed by atoms with Crippen molar-refractivity contribution in [2.45, 2.75) is 31.8 Å². The average molecular weight is 343 g/mol. The predicted octanol–water partition coefficient (Wildman–Crippen LogP) is 1.70. The Morgan fingerprint density at radius 3 is 2.80 bits per heavy atom. The first-order valence-electron chi connectivity index (χ1n) is 8.61. The maximum Gasteiger partial charge on any atom is 0.223 e. The summed E-state index contributed by atoms with van der Waals surface area (Å²) in [5, 5.41) is 14.8. The SMILES string of the molecule is Cc1ccc(OC[C@@]2(O)CCN(C(=O)CCc3cnn(C)c3)C2)cc1. The molecule has 6 nitrogen and oxygen atoms in total. The molecule has 0 aliphatic carbocycles. The third kappa shape index (κ3) is 4.60. The number of nitrogens with zero attached hydrogens (tertiary/aromatic N) is 3.